The Morgan fingerprint density at radius 3 is 2.68 bits per heavy atom. The highest BCUT2D eigenvalue weighted by atomic mass is 16.6. The molecule has 1 heterocycles. The van der Waals surface area contributed by atoms with Crippen LogP contribution in [0.4, 0.5) is 5.69 Å². The first-order valence-corrected chi connectivity index (χ1v) is 8.47. The molecule has 0 unspecified atom stereocenters. The van der Waals surface area contributed by atoms with E-state index in [1.165, 1.54) is 0 Å². The molecule has 0 bridgehead atoms. The van der Waals surface area contributed by atoms with Crippen LogP contribution in [0.15, 0.2) is 54.6 Å². The Morgan fingerprint density at radius 2 is 1.88 bits per heavy atom. The Morgan fingerprint density at radius 1 is 1.08 bits per heavy atom. The second kappa shape index (κ2) is 9.05. The first kappa shape index (κ1) is 17.3. The van der Waals surface area contributed by atoms with E-state index in [-0.39, 0.29) is 5.91 Å². The van der Waals surface area contributed by atoms with Crippen LogP contribution in [0.1, 0.15) is 10.4 Å². The molecule has 0 aliphatic carbocycles. The lowest BCUT2D eigenvalue weighted by Crippen LogP contribution is -2.41. The zero-order valence-corrected chi connectivity index (χ0v) is 14.1. The van der Waals surface area contributed by atoms with Crippen LogP contribution in [0, 0.1) is 0 Å². The number of hydrogen-bond donors (Lipinski definition) is 2. The van der Waals surface area contributed by atoms with Crippen LogP contribution in [-0.2, 0) is 4.74 Å². The molecule has 132 valence electrons. The van der Waals surface area contributed by atoms with Gasteiger partial charge in [-0.05, 0) is 30.3 Å². The number of benzene rings is 2. The fraction of sp³-hybridized carbons (Fsp3) is 0.316. The van der Waals surface area contributed by atoms with Gasteiger partial charge in [-0.15, -0.1) is 0 Å². The lowest BCUT2D eigenvalue weighted by Gasteiger charge is -2.26. The van der Waals surface area contributed by atoms with Crippen molar-refractivity contribution in [2.45, 2.75) is 0 Å². The number of para-hydroxylation sites is 1. The van der Waals surface area contributed by atoms with Crippen LogP contribution in [0.5, 0.6) is 5.75 Å². The smallest absolute Gasteiger partial charge is 0.251 e. The monoisotopic (exact) mass is 341 g/mol. The zero-order valence-electron chi connectivity index (χ0n) is 14.1. The summed E-state index contributed by atoms with van der Waals surface area (Å²) in [4.78, 5) is 20.1. The molecule has 1 amide bonds. The van der Waals surface area contributed by atoms with Crippen molar-refractivity contribution in [3.8, 4) is 5.75 Å². The van der Waals surface area contributed by atoms with Gasteiger partial charge in [-0.2, -0.15) is 0 Å². The number of nitrogens with one attached hydrogen (secondary N) is 2. The molecule has 1 fully saturated rings. The molecule has 0 radical (unpaired) electrons. The van der Waals surface area contributed by atoms with Gasteiger partial charge in [-0.25, -0.2) is 5.48 Å². The van der Waals surface area contributed by atoms with Gasteiger partial charge in [0.25, 0.3) is 5.91 Å². The molecule has 0 spiro atoms. The molecule has 2 aromatic carbocycles. The minimum Gasteiger partial charge on any atom is -0.382 e. The molecule has 25 heavy (non-hydrogen) atoms. The summed E-state index contributed by atoms with van der Waals surface area (Å²) < 4.78 is 5.32. The third-order valence-electron chi connectivity index (χ3n) is 3.97. The third-order valence-corrected chi connectivity index (χ3v) is 3.97. The summed E-state index contributed by atoms with van der Waals surface area (Å²) in [7, 11) is 0. The molecule has 2 aromatic rings. The predicted molar refractivity (Wildman–Crippen MR) is 96.7 cm³/mol. The summed E-state index contributed by atoms with van der Waals surface area (Å²) in [5, 5.41) is 2.95. The first-order chi connectivity index (χ1) is 12.3. The Hall–Kier alpha value is -2.57. The summed E-state index contributed by atoms with van der Waals surface area (Å²) in [6, 6.07) is 16.7. The average molecular weight is 341 g/mol. The van der Waals surface area contributed by atoms with Crippen molar-refractivity contribution in [1.29, 1.82) is 0 Å². The average Bonchev–Trinajstić information content (AvgIpc) is 2.68. The quantitative estimate of drug-likeness (QED) is 0.756. The van der Waals surface area contributed by atoms with E-state index in [1.807, 2.05) is 30.3 Å². The van der Waals surface area contributed by atoms with Crippen molar-refractivity contribution in [1.82, 2.24) is 10.2 Å². The molecule has 1 aliphatic heterocycles. The number of morpholine rings is 1. The number of ether oxygens (including phenoxy) is 1. The number of rotatable bonds is 7. The maximum atomic E-state index is 12.3. The standard InChI is InChI=1S/C19H23N3O3/c23-19(20-9-10-22-11-13-24-14-12-22)16-5-4-8-18(15-16)25-21-17-6-2-1-3-7-17/h1-8,15,21H,9-14H2,(H,20,23). The highest BCUT2D eigenvalue weighted by Gasteiger charge is 2.11. The molecule has 1 saturated heterocycles. The van der Waals surface area contributed by atoms with E-state index < -0.39 is 0 Å². The number of hydrogen-bond acceptors (Lipinski definition) is 5. The van der Waals surface area contributed by atoms with E-state index in [9.17, 15) is 4.79 Å². The molecule has 6 nitrogen and oxygen atoms in total. The van der Waals surface area contributed by atoms with Gasteiger partial charge in [0, 0.05) is 31.7 Å². The van der Waals surface area contributed by atoms with E-state index in [4.69, 9.17) is 9.57 Å². The van der Waals surface area contributed by atoms with Crippen LogP contribution in [-0.4, -0.2) is 50.2 Å². The van der Waals surface area contributed by atoms with Crippen molar-refractivity contribution in [2.75, 3.05) is 44.9 Å². The van der Waals surface area contributed by atoms with Crippen molar-refractivity contribution >= 4 is 11.6 Å². The lowest BCUT2D eigenvalue weighted by atomic mass is 10.2. The van der Waals surface area contributed by atoms with Gasteiger partial charge >= 0.3 is 0 Å². The molecule has 1 aliphatic rings. The second-order valence-corrected chi connectivity index (χ2v) is 5.81. The molecule has 0 atom stereocenters. The van der Waals surface area contributed by atoms with Crippen LogP contribution >= 0.6 is 0 Å². The summed E-state index contributed by atoms with van der Waals surface area (Å²) in [5.74, 6) is 0.489. The fourth-order valence-corrected chi connectivity index (χ4v) is 2.58. The molecule has 6 heteroatoms. The van der Waals surface area contributed by atoms with Gasteiger partial charge in [0.05, 0.1) is 18.9 Å². The largest absolute Gasteiger partial charge is 0.382 e. The van der Waals surface area contributed by atoms with E-state index >= 15 is 0 Å². The fourth-order valence-electron chi connectivity index (χ4n) is 2.58. The molecular weight excluding hydrogens is 318 g/mol. The third kappa shape index (κ3) is 5.48. The first-order valence-electron chi connectivity index (χ1n) is 8.47. The maximum Gasteiger partial charge on any atom is 0.251 e. The minimum atomic E-state index is -0.0987. The minimum absolute atomic E-state index is 0.0987. The topological polar surface area (TPSA) is 62.8 Å². The van der Waals surface area contributed by atoms with E-state index in [0.29, 0.717) is 17.9 Å². The van der Waals surface area contributed by atoms with Crippen LogP contribution in [0.25, 0.3) is 0 Å². The molecule has 0 aromatic heterocycles. The summed E-state index contributed by atoms with van der Waals surface area (Å²) >= 11 is 0. The molecule has 0 saturated carbocycles. The van der Waals surface area contributed by atoms with Gasteiger partial charge in [0.2, 0.25) is 0 Å². The van der Waals surface area contributed by atoms with Crippen LogP contribution in [0.3, 0.4) is 0 Å². The second-order valence-electron chi connectivity index (χ2n) is 5.81. The summed E-state index contributed by atoms with van der Waals surface area (Å²) in [6.45, 7) is 4.82. The van der Waals surface area contributed by atoms with Crippen molar-refractivity contribution < 1.29 is 14.4 Å². The number of amides is 1. The zero-order chi connectivity index (χ0) is 17.3. The van der Waals surface area contributed by atoms with Crippen molar-refractivity contribution in [3.05, 3.63) is 60.2 Å². The Balaban J connectivity index is 1.47. The van der Waals surface area contributed by atoms with Crippen LogP contribution in [0.2, 0.25) is 0 Å². The number of carbonyl (C=O) groups excluding carboxylic acids is 1. The highest BCUT2D eigenvalue weighted by molar-refractivity contribution is 5.94. The molecule has 3 rings (SSSR count). The van der Waals surface area contributed by atoms with Gasteiger partial charge in [0.15, 0.2) is 5.75 Å². The Bertz CT molecular complexity index is 673. The lowest BCUT2D eigenvalue weighted by molar-refractivity contribution is 0.0383. The number of carbonyl (C=O) groups is 1. The Labute approximate surface area is 147 Å². The van der Waals surface area contributed by atoms with E-state index in [0.717, 1.165) is 38.5 Å². The van der Waals surface area contributed by atoms with Gasteiger partial charge in [-0.1, -0.05) is 24.3 Å². The summed E-state index contributed by atoms with van der Waals surface area (Å²) in [6.07, 6.45) is 0. The van der Waals surface area contributed by atoms with Crippen molar-refractivity contribution in [3.63, 3.8) is 0 Å². The normalized spacial score (nSPS) is 14.7. The Kier molecular flexibility index (Phi) is 6.25. The molecule has 2 N–H and O–H groups in total. The van der Waals surface area contributed by atoms with Gasteiger partial charge < -0.3 is 14.9 Å². The van der Waals surface area contributed by atoms with Crippen LogP contribution < -0.4 is 15.6 Å². The van der Waals surface area contributed by atoms with Gasteiger partial charge in [-0.3, -0.25) is 9.69 Å². The summed E-state index contributed by atoms with van der Waals surface area (Å²) in [5.41, 5.74) is 4.29. The molecular formula is C19H23N3O3. The maximum absolute atomic E-state index is 12.3. The van der Waals surface area contributed by atoms with E-state index in [2.05, 4.69) is 15.7 Å². The number of nitrogens with zero attached hydrogens (tertiary/aromatic N) is 1. The van der Waals surface area contributed by atoms with E-state index in [1.54, 1.807) is 24.3 Å². The number of anilines is 1. The SMILES string of the molecule is O=C(NCCN1CCOCC1)c1cccc(ONc2ccccc2)c1. The predicted octanol–water partition coefficient (Wildman–Crippen LogP) is 2.15. The van der Waals surface area contributed by atoms with Crippen molar-refractivity contribution in [2.24, 2.45) is 0 Å². The van der Waals surface area contributed by atoms with Gasteiger partial charge in [0.1, 0.15) is 0 Å². The highest BCUT2D eigenvalue weighted by Crippen LogP contribution is 2.15.